The van der Waals surface area contributed by atoms with Gasteiger partial charge in [0, 0.05) is 36.0 Å². The smallest absolute Gasteiger partial charge is 0.253 e. The maximum Gasteiger partial charge on any atom is 0.253 e. The van der Waals surface area contributed by atoms with Crippen molar-refractivity contribution in [2.75, 3.05) is 25.0 Å². The van der Waals surface area contributed by atoms with Gasteiger partial charge >= 0.3 is 0 Å². The van der Waals surface area contributed by atoms with E-state index in [9.17, 15) is 9.59 Å². The molecule has 0 saturated carbocycles. The van der Waals surface area contributed by atoms with Gasteiger partial charge in [0.15, 0.2) is 0 Å². The topological polar surface area (TPSA) is 58.6 Å². The average Bonchev–Trinajstić information content (AvgIpc) is 3.22. The SMILES string of the molecule is CCOc1ccccc1/C=C/C(=O)Nc1ccc(C(=O)N2CCCC2)cc1. The first-order valence-corrected chi connectivity index (χ1v) is 9.27. The lowest BCUT2D eigenvalue weighted by Gasteiger charge is -2.15. The summed E-state index contributed by atoms with van der Waals surface area (Å²) in [5.74, 6) is 0.562. The van der Waals surface area contributed by atoms with Crippen molar-refractivity contribution in [2.24, 2.45) is 0 Å². The highest BCUT2D eigenvalue weighted by molar-refractivity contribution is 6.02. The number of benzene rings is 2. The monoisotopic (exact) mass is 364 g/mol. The second-order valence-corrected chi connectivity index (χ2v) is 6.37. The zero-order valence-electron chi connectivity index (χ0n) is 15.5. The number of amides is 2. The summed E-state index contributed by atoms with van der Waals surface area (Å²) in [5.41, 5.74) is 2.15. The van der Waals surface area contributed by atoms with Gasteiger partial charge in [-0.2, -0.15) is 0 Å². The van der Waals surface area contributed by atoms with Crippen molar-refractivity contribution in [3.63, 3.8) is 0 Å². The summed E-state index contributed by atoms with van der Waals surface area (Å²) in [6, 6.07) is 14.6. The number of anilines is 1. The van der Waals surface area contributed by atoms with Crippen LogP contribution in [0, 0.1) is 0 Å². The number of hydrogen-bond acceptors (Lipinski definition) is 3. The number of carbonyl (C=O) groups is 2. The minimum Gasteiger partial charge on any atom is -0.493 e. The first kappa shape index (κ1) is 18.7. The fourth-order valence-corrected chi connectivity index (χ4v) is 3.05. The lowest BCUT2D eigenvalue weighted by atomic mass is 10.1. The first-order valence-electron chi connectivity index (χ1n) is 9.27. The van der Waals surface area contributed by atoms with Crippen LogP contribution < -0.4 is 10.1 Å². The molecule has 0 aromatic heterocycles. The summed E-state index contributed by atoms with van der Waals surface area (Å²) in [7, 11) is 0. The largest absolute Gasteiger partial charge is 0.493 e. The Morgan fingerprint density at radius 3 is 2.48 bits per heavy atom. The molecule has 0 aliphatic carbocycles. The molecule has 2 aromatic rings. The number of nitrogens with zero attached hydrogens (tertiary/aromatic N) is 1. The summed E-state index contributed by atoms with van der Waals surface area (Å²) >= 11 is 0. The summed E-state index contributed by atoms with van der Waals surface area (Å²) in [6.45, 7) is 4.14. The maximum absolute atomic E-state index is 12.3. The molecule has 0 atom stereocenters. The van der Waals surface area contributed by atoms with Crippen LogP contribution in [0.2, 0.25) is 0 Å². The Labute approximate surface area is 159 Å². The standard InChI is InChI=1S/C22H24N2O3/c1-2-27-20-8-4-3-7-17(20)11-14-21(25)23-19-12-9-18(10-13-19)22(26)24-15-5-6-16-24/h3-4,7-14H,2,5-6,15-16H2,1H3,(H,23,25)/b14-11+. The van der Waals surface area contributed by atoms with Crippen molar-refractivity contribution in [2.45, 2.75) is 19.8 Å². The molecule has 1 N–H and O–H groups in total. The molecule has 0 unspecified atom stereocenters. The number of carbonyl (C=O) groups excluding carboxylic acids is 2. The Bertz CT molecular complexity index is 822. The Balaban J connectivity index is 1.60. The molecule has 5 heteroatoms. The highest BCUT2D eigenvalue weighted by atomic mass is 16.5. The van der Waals surface area contributed by atoms with Crippen LogP contribution in [0.25, 0.3) is 6.08 Å². The van der Waals surface area contributed by atoms with Crippen molar-refractivity contribution < 1.29 is 14.3 Å². The second-order valence-electron chi connectivity index (χ2n) is 6.37. The van der Waals surface area contributed by atoms with Gasteiger partial charge in [-0.15, -0.1) is 0 Å². The molecule has 1 aliphatic rings. The quantitative estimate of drug-likeness (QED) is 0.789. The summed E-state index contributed by atoms with van der Waals surface area (Å²) in [5, 5.41) is 2.81. The number of nitrogens with one attached hydrogen (secondary N) is 1. The van der Waals surface area contributed by atoms with Crippen LogP contribution in [0.5, 0.6) is 5.75 Å². The van der Waals surface area contributed by atoms with E-state index >= 15 is 0 Å². The molecule has 1 fully saturated rings. The third-order valence-corrected chi connectivity index (χ3v) is 4.43. The van der Waals surface area contributed by atoms with Crippen molar-refractivity contribution in [1.82, 2.24) is 4.90 Å². The fraction of sp³-hybridized carbons (Fsp3) is 0.273. The lowest BCUT2D eigenvalue weighted by Crippen LogP contribution is -2.27. The fourth-order valence-electron chi connectivity index (χ4n) is 3.05. The van der Waals surface area contributed by atoms with Crippen LogP contribution in [0.15, 0.2) is 54.6 Å². The van der Waals surface area contributed by atoms with Crippen LogP contribution in [0.4, 0.5) is 5.69 Å². The summed E-state index contributed by atoms with van der Waals surface area (Å²) in [6.07, 6.45) is 5.34. The molecule has 0 spiro atoms. The molecule has 2 amide bonds. The van der Waals surface area contributed by atoms with Crippen molar-refractivity contribution in [1.29, 1.82) is 0 Å². The normalized spacial score (nSPS) is 13.7. The van der Waals surface area contributed by atoms with Gasteiger partial charge in [0.2, 0.25) is 5.91 Å². The van der Waals surface area contributed by atoms with Crippen LogP contribution in [0.3, 0.4) is 0 Å². The van der Waals surface area contributed by atoms with Gasteiger partial charge in [-0.25, -0.2) is 0 Å². The van der Waals surface area contributed by atoms with E-state index < -0.39 is 0 Å². The number of hydrogen-bond donors (Lipinski definition) is 1. The molecule has 140 valence electrons. The zero-order chi connectivity index (χ0) is 19.1. The van der Waals surface area contributed by atoms with Crippen molar-refractivity contribution in [3.8, 4) is 5.75 Å². The summed E-state index contributed by atoms with van der Waals surface area (Å²) < 4.78 is 5.55. The van der Waals surface area contributed by atoms with Gasteiger partial charge in [-0.05, 0) is 56.2 Å². The minimum atomic E-state index is -0.236. The van der Waals surface area contributed by atoms with E-state index in [0.717, 1.165) is 37.2 Å². The van der Waals surface area contributed by atoms with E-state index in [1.165, 1.54) is 6.08 Å². The molecule has 0 bridgehead atoms. The van der Waals surface area contributed by atoms with Gasteiger partial charge in [-0.1, -0.05) is 18.2 Å². The predicted octanol–water partition coefficient (Wildman–Crippen LogP) is 3.97. The van der Waals surface area contributed by atoms with Crippen molar-refractivity contribution in [3.05, 3.63) is 65.7 Å². The van der Waals surface area contributed by atoms with Crippen LogP contribution >= 0.6 is 0 Å². The van der Waals surface area contributed by atoms with Gasteiger partial charge in [0.25, 0.3) is 5.91 Å². The zero-order valence-corrected chi connectivity index (χ0v) is 15.5. The van der Waals surface area contributed by atoms with Gasteiger partial charge < -0.3 is 15.0 Å². The highest BCUT2D eigenvalue weighted by Crippen LogP contribution is 2.20. The maximum atomic E-state index is 12.3. The van der Waals surface area contributed by atoms with E-state index in [1.54, 1.807) is 30.3 Å². The molecule has 3 rings (SSSR count). The minimum absolute atomic E-state index is 0.0535. The molecule has 1 saturated heterocycles. The van der Waals surface area contributed by atoms with Gasteiger partial charge in [0.05, 0.1) is 6.61 Å². The third-order valence-electron chi connectivity index (χ3n) is 4.43. The summed E-state index contributed by atoms with van der Waals surface area (Å²) in [4.78, 5) is 26.4. The Morgan fingerprint density at radius 1 is 1.07 bits per heavy atom. The molecule has 0 radical (unpaired) electrons. The van der Waals surface area contributed by atoms with E-state index in [-0.39, 0.29) is 11.8 Å². The van der Waals surface area contributed by atoms with E-state index in [0.29, 0.717) is 17.9 Å². The van der Waals surface area contributed by atoms with Gasteiger partial charge in [0.1, 0.15) is 5.75 Å². The van der Waals surface area contributed by atoms with E-state index in [4.69, 9.17) is 4.74 Å². The second kappa shape index (κ2) is 9.03. The van der Waals surface area contributed by atoms with Crippen LogP contribution in [0.1, 0.15) is 35.7 Å². The molecule has 2 aromatic carbocycles. The Morgan fingerprint density at radius 2 is 1.78 bits per heavy atom. The van der Waals surface area contributed by atoms with Gasteiger partial charge in [-0.3, -0.25) is 9.59 Å². The number of rotatable bonds is 6. The average molecular weight is 364 g/mol. The van der Waals surface area contributed by atoms with E-state index in [2.05, 4.69) is 5.32 Å². The highest BCUT2D eigenvalue weighted by Gasteiger charge is 2.19. The van der Waals surface area contributed by atoms with Crippen molar-refractivity contribution >= 4 is 23.6 Å². The lowest BCUT2D eigenvalue weighted by molar-refractivity contribution is -0.111. The molecule has 5 nitrogen and oxygen atoms in total. The number of ether oxygens (including phenoxy) is 1. The van der Waals surface area contributed by atoms with E-state index in [1.807, 2.05) is 36.1 Å². The molecule has 1 heterocycles. The Kier molecular flexibility index (Phi) is 6.26. The number of para-hydroxylation sites is 1. The Hall–Kier alpha value is -3.08. The first-order chi connectivity index (χ1) is 13.2. The predicted molar refractivity (Wildman–Crippen MR) is 107 cm³/mol. The molecule has 1 aliphatic heterocycles. The molecular weight excluding hydrogens is 340 g/mol. The molecular formula is C22H24N2O3. The van der Waals surface area contributed by atoms with Crippen LogP contribution in [-0.4, -0.2) is 36.4 Å². The van der Waals surface area contributed by atoms with Crippen LogP contribution in [-0.2, 0) is 4.79 Å². The number of likely N-dealkylation sites (tertiary alicyclic amines) is 1. The molecule has 27 heavy (non-hydrogen) atoms. The third kappa shape index (κ3) is 4.97.